The molecule has 1 fully saturated rings. The predicted octanol–water partition coefficient (Wildman–Crippen LogP) is 1.72. The fourth-order valence-corrected chi connectivity index (χ4v) is 3.82. The Hall–Kier alpha value is -1.10. The average Bonchev–Trinajstić information content (AvgIpc) is 2.58. The zero-order valence-electron chi connectivity index (χ0n) is 11.5. The summed E-state index contributed by atoms with van der Waals surface area (Å²) >= 11 is 0. The van der Waals surface area contributed by atoms with Crippen LogP contribution < -0.4 is 5.32 Å². The quantitative estimate of drug-likeness (QED) is 0.698. The fraction of sp³-hybridized carbons (Fsp3) is 0.846. The molecule has 0 aromatic rings. The van der Waals surface area contributed by atoms with Gasteiger partial charge in [0.25, 0.3) is 0 Å². The van der Waals surface area contributed by atoms with Gasteiger partial charge in [-0.1, -0.05) is 20.8 Å². The van der Waals surface area contributed by atoms with Gasteiger partial charge in [-0.3, -0.25) is 14.9 Å². The molecule has 4 atom stereocenters. The van der Waals surface area contributed by atoms with Crippen molar-refractivity contribution in [2.24, 2.45) is 11.3 Å². The second-order valence-corrected chi connectivity index (χ2v) is 5.16. The van der Waals surface area contributed by atoms with Crippen LogP contribution >= 0.6 is 0 Å². The minimum atomic E-state index is -1.12. The van der Waals surface area contributed by atoms with Crippen molar-refractivity contribution < 1.29 is 19.8 Å². The van der Waals surface area contributed by atoms with Crippen LogP contribution in [0.15, 0.2) is 0 Å². The van der Waals surface area contributed by atoms with Crippen molar-refractivity contribution in [2.75, 3.05) is 0 Å². The maximum Gasteiger partial charge on any atom is 0.324 e. The van der Waals surface area contributed by atoms with Gasteiger partial charge in [0.1, 0.15) is 5.54 Å². The molecule has 1 aliphatic heterocycles. The van der Waals surface area contributed by atoms with E-state index in [0.29, 0.717) is 19.3 Å². The molecule has 1 aliphatic rings. The van der Waals surface area contributed by atoms with Gasteiger partial charge in [-0.25, -0.2) is 0 Å². The van der Waals surface area contributed by atoms with Crippen molar-refractivity contribution in [3.63, 3.8) is 0 Å². The molecule has 3 N–H and O–H groups in total. The minimum absolute atomic E-state index is 0.346. The molecular weight excluding hydrogens is 234 g/mol. The van der Waals surface area contributed by atoms with Gasteiger partial charge in [-0.2, -0.15) is 0 Å². The SMILES string of the molecule is CCC1C(CC)(C(=O)O)NC(C)C1(CC)C(=O)O. The van der Waals surface area contributed by atoms with Crippen LogP contribution in [0.1, 0.15) is 47.0 Å². The lowest BCUT2D eigenvalue weighted by Crippen LogP contribution is -2.53. The number of hydrogen-bond donors (Lipinski definition) is 3. The van der Waals surface area contributed by atoms with Gasteiger partial charge in [-0.15, -0.1) is 0 Å². The molecule has 4 unspecified atom stereocenters. The standard InChI is InChI=1S/C13H23NO4/c1-5-9-12(6-2,10(15)16)8(4)14-13(9,7-3)11(17)18/h8-9,14H,5-7H2,1-4H3,(H,15,16)(H,17,18). The molecule has 1 saturated heterocycles. The van der Waals surface area contributed by atoms with Crippen LogP contribution in [0.4, 0.5) is 0 Å². The van der Waals surface area contributed by atoms with Crippen molar-refractivity contribution in [2.45, 2.75) is 58.5 Å². The Morgan fingerprint density at radius 1 is 1.11 bits per heavy atom. The number of rotatable bonds is 5. The van der Waals surface area contributed by atoms with Gasteiger partial charge in [0.05, 0.1) is 5.41 Å². The predicted molar refractivity (Wildman–Crippen MR) is 67.4 cm³/mol. The van der Waals surface area contributed by atoms with E-state index in [0.717, 1.165) is 0 Å². The highest BCUT2D eigenvalue weighted by Gasteiger charge is 2.65. The number of aliphatic carboxylic acids is 2. The Morgan fingerprint density at radius 3 is 1.94 bits per heavy atom. The Kier molecular flexibility index (Phi) is 4.05. The number of carbonyl (C=O) groups is 2. The zero-order valence-corrected chi connectivity index (χ0v) is 11.5. The lowest BCUT2D eigenvalue weighted by atomic mass is 9.64. The third-order valence-corrected chi connectivity index (χ3v) is 4.79. The van der Waals surface area contributed by atoms with Gasteiger partial charge in [-0.05, 0) is 26.2 Å². The van der Waals surface area contributed by atoms with Gasteiger partial charge in [0, 0.05) is 12.0 Å². The van der Waals surface area contributed by atoms with Crippen molar-refractivity contribution in [1.29, 1.82) is 0 Å². The van der Waals surface area contributed by atoms with Crippen LogP contribution in [0, 0.1) is 11.3 Å². The summed E-state index contributed by atoms with van der Waals surface area (Å²) in [6.45, 7) is 7.26. The van der Waals surface area contributed by atoms with Crippen molar-refractivity contribution in [1.82, 2.24) is 5.32 Å². The van der Waals surface area contributed by atoms with E-state index < -0.39 is 28.8 Å². The third kappa shape index (κ3) is 1.64. The van der Waals surface area contributed by atoms with E-state index in [1.54, 1.807) is 13.8 Å². The van der Waals surface area contributed by atoms with E-state index in [1.807, 2.05) is 13.8 Å². The first-order valence-corrected chi connectivity index (χ1v) is 6.57. The summed E-state index contributed by atoms with van der Waals surface area (Å²) in [6, 6.07) is -0.346. The highest BCUT2D eigenvalue weighted by Crippen LogP contribution is 2.50. The molecule has 5 heteroatoms. The van der Waals surface area contributed by atoms with Gasteiger partial charge in [0.15, 0.2) is 0 Å². The molecule has 18 heavy (non-hydrogen) atoms. The second-order valence-electron chi connectivity index (χ2n) is 5.16. The summed E-state index contributed by atoms with van der Waals surface area (Å²) in [5.74, 6) is -2.24. The molecule has 0 radical (unpaired) electrons. The fourth-order valence-electron chi connectivity index (χ4n) is 3.82. The van der Waals surface area contributed by atoms with E-state index in [4.69, 9.17) is 0 Å². The topological polar surface area (TPSA) is 86.6 Å². The van der Waals surface area contributed by atoms with Crippen LogP contribution in [-0.4, -0.2) is 33.7 Å². The maximum absolute atomic E-state index is 11.7. The van der Waals surface area contributed by atoms with Gasteiger partial charge >= 0.3 is 11.9 Å². The van der Waals surface area contributed by atoms with Crippen LogP contribution in [0.25, 0.3) is 0 Å². The number of carboxylic acid groups (broad SMARTS) is 2. The second kappa shape index (κ2) is 4.88. The summed E-state index contributed by atoms with van der Waals surface area (Å²) in [6.07, 6.45) is 1.36. The summed E-state index contributed by atoms with van der Waals surface area (Å²) in [5.41, 5.74) is -2.12. The van der Waals surface area contributed by atoms with E-state index in [1.165, 1.54) is 0 Å². The Bertz CT molecular complexity index is 357. The first kappa shape index (κ1) is 15.0. The molecule has 1 rings (SSSR count). The van der Waals surface area contributed by atoms with Crippen LogP contribution in [-0.2, 0) is 9.59 Å². The molecular formula is C13H23NO4. The van der Waals surface area contributed by atoms with E-state index >= 15 is 0 Å². The Balaban J connectivity index is 3.40. The normalized spacial score (nSPS) is 39.8. The molecule has 5 nitrogen and oxygen atoms in total. The van der Waals surface area contributed by atoms with E-state index in [2.05, 4.69) is 5.32 Å². The number of carboxylic acids is 2. The van der Waals surface area contributed by atoms with Crippen molar-refractivity contribution in [3.8, 4) is 0 Å². The number of nitrogens with one attached hydrogen (secondary N) is 1. The Labute approximate surface area is 108 Å². The maximum atomic E-state index is 11.7. The highest BCUT2D eigenvalue weighted by atomic mass is 16.4. The highest BCUT2D eigenvalue weighted by molar-refractivity contribution is 5.85. The van der Waals surface area contributed by atoms with Gasteiger partial charge < -0.3 is 10.2 Å². The average molecular weight is 257 g/mol. The van der Waals surface area contributed by atoms with Crippen LogP contribution in [0.3, 0.4) is 0 Å². The smallest absolute Gasteiger partial charge is 0.324 e. The van der Waals surface area contributed by atoms with Crippen LogP contribution in [0.2, 0.25) is 0 Å². The monoisotopic (exact) mass is 257 g/mol. The van der Waals surface area contributed by atoms with Crippen LogP contribution in [0.5, 0.6) is 0 Å². The molecule has 0 aliphatic carbocycles. The molecule has 0 bridgehead atoms. The van der Waals surface area contributed by atoms with E-state index in [-0.39, 0.29) is 6.04 Å². The third-order valence-electron chi connectivity index (χ3n) is 4.79. The molecule has 104 valence electrons. The van der Waals surface area contributed by atoms with Crippen molar-refractivity contribution >= 4 is 11.9 Å². The van der Waals surface area contributed by atoms with Crippen molar-refractivity contribution in [3.05, 3.63) is 0 Å². The molecule has 0 amide bonds. The molecule has 1 heterocycles. The zero-order chi connectivity index (χ0) is 14.1. The first-order chi connectivity index (χ1) is 8.33. The molecule has 0 aromatic carbocycles. The summed E-state index contributed by atoms with van der Waals surface area (Å²) in [7, 11) is 0. The largest absolute Gasteiger partial charge is 0.481 e. The van der Waals surface area contributed by atoms with E-state index in [9.17, 15) is 19.8 Å². The summed E-state index contributed by atoms with van der Waals surface area (Å²) in [4.78, 5) is 23.4. The Morgan fingerprint density at radius 2 is 1.67 bits per heavy atom. The summed E-state index contributed by atoms with van der Waals surface area (Å²) in [5, 5.41) is 22.2. The first-order valence-electron chi connectivity index (χ1n) is 6.57. The number of hydrogen-bond acceptors (Lipinski definition) is 3. The summed E-state index contributed by atoms with van der Waals surface area (Å²) < 4.78 is 0. The molecule has 0 saturated carbocycles. The molecule has 0 aromatic heterocycles. The molecule has 0 spiro atoms. The lowest BCUT2D eigenvalue weighted by Gasteiger charge is -2.36. The van der Waals surface area contributed by atoms with Gasteiger partial charge in [0.2, 0.25) is 0 Å². The lowest BCUT2D eigenvalue weighted by molar-refractivity contribution is -0.155. The minimum Gasteiger partial charge on any atom is -0.481 e.